The van der Waals surface area contributed by atoms with Gasteiger partial charge in [0.2, 0.25) is 5.88 Å². The number of primary amides is 1. The summed E-state index contributed by atoms with van der Waals surface area (Å²) in [6, 6.07) is 4.76. The molecule has 1 aromatic carbocycles. The number of thioether (sulfide) groups is 1. The highest BCUT2D eigenvalue weighted by atomic mass is 35.5. The van der Waals surface area contributed by atoms with Crippen LogP contribution in [0.5, 0.6) is 17.4 Å². The van der Waals surface area contributed by atoms with E-state index >= 15 is 0 Å². The van der Waals surface area contributed by atoms with Gasteiger partial charge in [0.25, 0.3) is 0 Å². The van der Waals surface area contributed by atoms with Crippen LogP contribution in [-0.4, -0.2) is 68.2 Å². The molecule has 0 bridgehead atoms. The lowest BCUT2D eigenvalue weighted by Crippen LogP contribution is -2.48. The molecule has 1 aliphatic heterocycles. The molecule has 1 amide bonds. The summed E-state index contributed by atoms with van der Waals surface area (Å²) in [6.07, 6.45) is -5.41. The molecule has 16 heteroatoms. The maximum atomic E-state index is 13.0. The van der Waals surface area contributed by atoms with Gasteiger partial charge in [0.15, 0.2) is 0 Å². The van der Waals surface area contributed by atoms with Gasteiger partial charge in [-0.1, -0.05) is 17.7 Å². The number of methoxy groups -OCH3 is 1. The molecule has 1 unspecified atom stereocenters. The van der Waals surface area contributed by atoms with Crippen LogP contribution < -0.4 is 15.2 Å². The van der Waals surface area contributed by atoms with E-state index in [0.29, 0.717) is 41.7 Å². The zero-order valence-electron chi connectivity index (χ0n) is 19.4. The van der Waals surface area contributed by atoms with Gasteiger partial charge in [-0.15, -0.1) is 0 Å². The number of pyridine rings is 1. The second-order valence-corrected chi connectivity index (χ2v) is 10.7. The predicted molar refractivity (Wildman–Crippen MR) is 129 cm³/mol. The third kappa shape index (κ3) is 8.01. The van der Waals surface area contributed by atoms with Crippen molar-refractivity contribution in [3.8, 4) is 17.4 Å². The topological polar surface area (TPSA) is 130 Å². The zero-order valence-corrected chi connectivity index (χ0v) is 21.8. The van der Waals surface area contributed by atoms with Gasteiger partial charge in [0, 0.05) is 43.5 Å². The number of ether oxygens (including phenoxy) is 3. The van der Waals surface area contributed by atoms with Gasteiger partial charge < -0.3 is 24.1 Å². The molecule has 1 saturated heterocycles. The predicted octanol–water partition coefficient (Wildman–Crippen LogP) is 3.87. The van der Waals surface area contributed by atoms with Crippen LogP contribution >= 0.6 is 23.4 Å². The molecule has 37 heavy (non-hydrogen) atoms. The Hall–Kier alpha value is -2.46. The first-order chi connectivity index (χ1) is 17.4. The van der Waals surface area contributed by atoms with Gasteiger partial charge >= 0.3 is 22.6 Å². The van der Waals surface area contributed by atoms with E-state index in [9.17, 15) is 26.4 Å². The van der Waals surface area contributed by atoms with Crippen LogP contribution in [0, 0.1) is 0 Å². The Morgan fingerprint density at radius 2 is 2.05 bits per heavy atom. The smallest absolute Gasteiger partial charge is 0.421 e. The van der Waals surface area contributed by atoms with Crippen molar-refractivity contribution in [1.82, 2.24) is 9.29 Å². The summed E-state index contributed by atoms with van der Waals surface area (Å²) in [5.41, 5.74) is 4.34. The van der Waals surface area contributed by atoms with Gasteiger partial charge in [-0.05, 0) is 24.1 Å². The minimum absolute atomic E-state index is 0.0750. The van der Waals surface area contributed by atoms with Gasteiger partial charge in [-0.2, -0.15) is 37.7 Å². The maximum absolute atomic E-state index is 13.0. The minimum atomic E-state index is -4.64. The van der Waals surface area contributed by atoms with Crippen molar-refractivity contribution in [2.75, 3.05) is 38.4 Å². The molecule has 0 spiro atoms. The van der Waals surface area contributed by atoms with Gasteiger partial charge in [0.1, 0.15) is 23.1 Å². The lowest BCUT2D eigenvalue weighted by atomic mass is 10.1. The SMILES string of the molecule is COCCOc1ccc(CC2CSCCN2S(=O)(=O)OC(N)=O)c(Oc2ncc(C(F)(F)F)cc2Cl)c1. The summed E-state index contributed by atoms with van der Waals surface area (Å²) in [5, 5.41) is -0.376. The lowest BCUT2D eigenvalue weighted by Gasteiger charge is -2.33. The van der Waals surface area contributed by atoms with Crippen LogP contribution in [0.25, 0.3) is 0 Å². The van der Waals surface area contributed by atoms with Crippen molar-refractivity contribution in [1.29, 1.82) is 0 Å². The van der Waals surface area contributed by atoms with Crippen molar-refractivity contribution in [3.05, 3.63) is 46.6 Å². The highest BCUT2D eigenvalue weighted by molar-refractivity contribution is 7.99. The molecule has 204 valence electrons. The van der Waals surface area contributed by atoms with Crippen LogP contribution in [0.15, 0.2) is 30.5 Å². The number of carbonyl (C=O) groups excluding carboxylic acids is 1. The number of nitrogens with zero attached hydrogens (tertiary/aromatic N) is 2. The number of nitrogens with two attached hydrogens (primary N) is 1. The lowest BCUT2D eigenvalue weighted by molar-refractivity contribution is -0.137. The Labute approximate surface area is 220 Å². The summed E-state index contributed by atoms with van der Waals surface area (Å²) in [6.45, 7) is 0.589. The number of aromatic nitrogens is 1. The van der Waals surface area contributed by atoms with Crippen LogP contribution in [0.3, 0.4) is 0 Å². The number of alkyl halides is 3. The highest BCUT2D eigenvalue weighted by Gasteiger charge is 2.36. The van der Waals surface area contributed by atoms with E-state index in [4.69, 9.17) is 31.5 Å². The molecule has 2 N–H and O–H groups in total. The normalized spacial score (nSPS) is 16.8. The van der Waals surface area contributed by atoms with Crippen LogP contribution in [0.2, 0.25) is 5.02 Å². The fourth-order valence-electron chi connectivity index (χ4n) is 3.39. The van der Waals surface area contributed by atoms with Crippen molar-refractivity contribution in [3.63, 3.8) is 0 Å². The molecule has 0 aliphatic carbocycles. The molecular formula is C21H23ClF3N3O7S2. The standard InChI is InChI=1S/C21H23ClF3N3O7S2/c1-32-5-6-33-16-3-2-13(8-15-12-36-7-4-28(15)37(30,31)35-20(26)29)18(10-16)34-19-17(22)9-14(11-27-19)21(23,24)25/h2-3,9-11,15H,4-8,12H2,1H3,(H2,26,29). The molecule has 1 aromatic heterocycles. The second-order valence-electron chi connectivity index (χ2n) is 7.63. The van der Waals surface area contributed by atoms with E-state index in [1.807, 2.05) is 0 Å². The molecule has 1 atom stereocenters. The van der Waals surface area contributed by atoms with Crippen molar-refractivity contribution in [2.24, 2.45) is 5.73 Å². The van der Waals surface area contributed by atoms with Crippen LogP contribution in [0.1, 0.15) is 11.1 Å². The zero-order chi connectivity index (χ0) is 27.2. The van der Waals surface area contributed by atoms with Gasteiger partial charge in [0.05, 0.1) is 12.2 Å². The monoisotopic (exact) mass is 585 g/mol. The Balaban J connectivity index is 1.93. The summed E-state index contributed by atoms with van der Waals surface area (Å²) in [5.74, 6) is 1.04. The van der Waals surface area contributed by atoms with E-state index in [1.54, 1.807) is 12.1 Å². The highest BCUT2D eigenvalue weighted by Crippen LogP contribution is 2.37. The van der Waals surface area contributed by atoms with E-state index in [1.165, 1.54) is 24.9 Å². The van der Waals surface area contributed by atoms with Crippen LogP contribution in [-0.2, 0) is 31.8 Å². The molecule has 10 nitrogen and oxygen atoms in total. The summed E-state index contributed by atoms with van der Waals surface area (Å²) in [4.78, 5) is 14.8. The number of amides is 1. The Morgan fingerprint density at radius 1 is 1.30 bits per heavy atom. The second kappa shape index (κ2) is 12.4. The first kappa shape index (κ1) is 29.1. The average molecular weight is 586 g/mol. The van der Waals surface area contributed by atoms with E-state index < -0.39 is 34.2 Å². The van der Waals surface area contributed by atoms with Crippen LogP contribution in [0.4, 0.5) is 18.0 Å². The fraction of sp³-hybridized carbons (Fsp3) is 0.429. The molecule has 0 radical (unpaired) electrons. The van der Waals surface area contributed by atoms with E-state index in [-0.39, 0.29) is 36.2 Å². The van der Waals surface area contributed by atoms with E-state index in [2.05, 4.69) is 9.17 Å². The maximum Gasteiger partial charge on any atom is 0.421 e. The fourth-order valence-corrected chi connectivity index (χ4v) is 6.00. The summed E-state index contributed by atoms with van der Waals surface area (Å²) in [7, 11) is -2.94. The van der Waals surface area contributed by atoms with Crippen molar-refractivity contribution in [2.45, 2.75) is 18.6 Å². The average Bonchev–Trinajstić information content (AvgIpc) is 2.81. The third-order valence-electron chi connectivity index (χ3n) is 5.04. The quantitative estimate of drug-likeness (QED) is 0.413. The van der Waals surface area contributed by atoms with Gasteiger partial charge in [-0.25, -0.2) is 9.78 Å². The number of rotatable bonds is 10. The number of halogens is 4. The Morgan fingerprint density at radius 3 is 2.70 bits per heavy atom. The van der Waals surface area contributed by atoms with Crippen molar-refractivity contribution < 1.29 is 44.8 Å². The molecule has 3 rings (SSSR count). The largest absolute Gasteiger partial charge is 0.491 e. The Bertz CT molecular complexity index is 1220. The number of hydrogen-bond donors (Lipinski definition) is 1. The first-order valence-corrected chi connectivity index (χ1v) is 13.5. The molecular weight excluding hydrogens is 563 g/mol. The molecule has 1 aliphatic rings. The summed E-state index contributed by atoms with van der Waals surface area (Å²) >= 11 is 7.51. The number of benzene rings is 1. The third-order valence-corrected chi connectivity index (χ3v) is 7.83. The Kier molecular flexibility index (Phi) is 9.74. The van der Waals surface area contributed by atoms with Crippen molar-refractivity contribution >= 4 is 39.8 Å². The number of hydrogen-bond acceptors (Lipinski definition) is 9. The van der Waals surface area contributed by atoms with Gasteiger partial charge in [-0.3, -0.25) is 0 Å². The molecule has 2 aromatic rings. The molecule has 0 saturated carbocycles. The minimum Gasteiger partial charge on any atom is -0.491 e. The van der Waals surface area contributed by atoms with E-state index in [0.717, 1.165) is 4.31 Å². The molecule has 2 heterocycles. The summed E-state index contributed by atoms with van der Waals surface area (Å²) < 4.78 is 85.8. The number of carbonyl (C=O) groups is 1. The molecule has 1 fully saturated rings. The first-order valence-electron chi connectivity index (χ1n) is 10.6.